The van der Waals surface area contributed by atoms with Gasteiger partial charge >= 0.3 is 6.18 Å². The number of halogens is 3. The SMILES string of the molecule is O=C(Cn1cnc2ccccc2c1=O)NCCc1ccc(C(F)(F)F)cc1. The van der Waals surface area contributed by atoms with Crippen LogP contribution in [0.15, 0.2) is 59.7 Å². The van der Waals surface area contributed by atoms with Crippen molar-refractivity contribution in [2.45, 2.75) is 19.1 Å². The van der Waals surface area contributed by atoms with E-state index < -0.39 is 11.7 Å². The van der Waals surface area contributed by atoms with Crippen LogP contribution in [0.2, 0.25) is 0 Å². The molecule has 0 fully saturated rings. The van der Waals surface area contributed by atoms with Gasteiger partial charge in [-0.15, -0.1) is 0 Å². The Balaban J connectivity index is 1.56. The van der Waals surface area contributed by atoms with E-state index in [0.29, 0.717) is 22.9 Å². The summed E-state index contributed by atoms with van der Waals surface area (Å²) in [6, 6.07) is 11.6. The first kappa shape index (κ1) is 18.6. The number of hydrogen-bond acceptors (Lipinski definition) is 3. The molecule has 1 aromatic heterocycles. The molecule has 140 valence electrons. The van der Waals surface area contributed by atoms with Crippen molar-refractivity contribution in [3.05, 3.63) is 76.3 Å². The molecule has 0 atom stereocenters. The predicted molar refractivity (Wildman–Crippen MR) is 94.2 cm³/mol. The van der Waals surface area contributed by atoms with Crippen LogP contribution < -0.4 is 10.9 Å². The van der Waals surface area contributed by atoms with Gasteiger partial charge in [-0.1, -0.05) is 24.3 Å². The average Bonchev–Trinajstić information content (AvgIpc) is 2.64. The van der Waals surface area contributed by atoms with Crippen LogP contribution >= 0.6 is 0 Å². The van der Waals surface area contributed by atoms with Gasteiger partial charge in [0.25, 0.3) is 5.56 Å². The van der Waals surface area contributed by atoms with Gasteiger partial charge in [-0.25, -0.2) is 4.98 Å². The number of rotatable bonds is 5. The summed E-state index contributed by atoms with van der Waals surface area (Å²) in [6.07, 6.45) is -2.66. The molecule has 0 spiro atoms. The summed E-state index contributed by atoms with van der Waals surface area (Å²) in [7, 11) is 0. The molecule has 0 radical (unpaired) electrons. The second-order valence-corrected chi connectivity index (χ2v) is 5.99. The van der Waals surface area contributed by atoms with E-state index in [2.05, 4.69) is 10.3 Å². The van der Waals surface area contributed by atoms with Crippen molar-refractivity contribution in [3.8, 4) is 0 Å². The number of nitrogens with zero attached hydrogens (tertiary/aromatic N) is 2. The van der Waals surface area contributed by atoms with Crippen LogP contribution in [0.5, 0.6) is 0 Å². The number of aromatic nitrogens is 2. The highest BCUT2D eigenvalue weighted by atomic mass is 19.4. The summed E-state index contributed by atoms with van der Waals surface area (Å²) in [5.74, 6) is -0.374. The van der Waals surface area contributed by atoms with Crippen LogP contribution in [0.25, 0.3) is 10.9 Å². The maximum atomic E-state index is 12.5. The Morgan fingerprint density at radius 1 is 1.07 bits per heavy atom. The van der Waals surface area contributed by atoms with Gasteiger partial charge in [0.15, 0.2) is 0 Å². The molecule has 0 aliphatic rings. The minimum absolute atomic E-state index is 0.177. The lowest BCUT2D eigenvalue weighted by molar-refractivity contribution is -0.137. The molecule has 3 aromatic rings. The number of hydrogen-bond donors (Lipinski definition) is 1. The number of nitrogens with one attached hydrogen (secondary N) is 1. The normalized spacial score (nSPS) is 11.5. The Hall–Kier alpha value is -3.16. The topological polar surface area (TPSA) is 64.0 Å². The fourth-order valence-corrected chi connectivity index (χ4v) is 2.64. The van der Waals surface area contributed by atoms with Crippen LogP contribution in [0.3, 0.4) is 0 Å². The summed E-state index contributed by atoms with van der Waals surface area (Å²) >= 11 is 0. The van der Waals surface area contributed by atoms with Crippen LogP contribution in [0, 0.1) is 0 Å². The molecule has 0 unspecified atom stereocenters. The highest BCUT2D eigenvalue weighted by Crippen LogP contribution is 2.29. The highest BCUT2D eigenvalue weighted by molar-refractivity contribution is 5.78. The van der Waals surface area contributed by atoms with Crippen LogP contribution in [0.4, 0.5) is 13.2 Å². The fourth-order valence-electron chi connectivity index (χ4n) is 2.64. The molecule has 0 saturated heterocycles. The molecule has 3 rings (SSSR count). The van der Waals surface area contributed by atoms with E-state index in [-0.39, 0.29) is 24.6 Å². The Labute approximate surface area is 152 Å². The first-order chi connectivity index (χ1) is 12.8. The van der Waals surface area contributed by atoms with E-state index in [1.807, 2.05) is 0 Å². The van der Waals surface area contributed by atoms with Crippen molar-refractivity contribution >= 4 is 16.8 Å². The lowest BCUT2D eigenvalue weighted by Crippen LogP contribution is -2.33. The molecule has 2 aromatic carbocycles. The number of carbonyl (C=O) groups is 1. The number of alkyl halides is 3. The highest BCUT2D eigenvalue weighted by Gasteiger charge is 2.29. The zero-order valence-corrected chi connectivity index (χ0v) is 14.2. The summed E-state index contributed by atoms with van der Waals surface area (Å²) in [5.41, 5.74) is 0.214. The molecule has 0 aliphatic heterocycles. The number of benzene rings is 2. The molecule has 27 heavy (non-hydrogen) atoms. The van der Waals surface area contributed by atoms with Gasteiger partial charge in [-0.2, -0.15) is 13.2 Å². The van der Waals surface area contributed by atoms with E-state index in [1.165, 1.54) is 23.0 Å². The lowest BCUT2D eigenvalue weighted by Gasteiger charge is -2.09. The molecule has 1 N–H and O–H groups in total. The number of carbonyl (C=O) groups excluding carboxylic acids is 1. The first-order valence-corrected chi connectivity index (χ1v) is 8.21. The zero-order valence-electron chi connectivity index (χ0n) is 14.2. The lowest BCUT2D eigenvalue weighted by atomic mass is 10.1. The van der Waals surface area contributed by atoms with Crippen molar-refractivity contribution in [3.63, 3.8) is 0 Å². The van der Waals surface area contributed by atoms with Gasteiger partial charge in [0.05, 0.1) is 22.8 Å². The molecule has 0 saturated carbocycles. The molecular weight excluding hydrogens is 359 g/mol. The first-order valence-electron chi connectivity index (χ1n) is 8.21. The second-order valence-electron chi connectivity index (χ2n) is 5.99. The smallest absolute Gasteiger partial charge is 0.354 e. The quantitative estimate of drug-likeness (QED) is 0.746. The Morgan fingerprint density at radius 2 is 1.78 bits per heavy atom. The van der Waals surface area contributed by atoms with Crippen molar-refractivity contribution in [2.75, 3.05) is 6.54 Å². The number of fused-ring (bicyclic) bond motifs is 1. The van der Waals surface area contributed by atoms with Gasteiger partial charge < -0.3 is 5.32 Å². The van der Waals surface area contributed by atoms with Gasteiger partial charge in [-0.3, -0.25) is 14.2 Å². The molecule has 5 nitrogen and oxygen atoms in total. The summed E-state index contributed by atoms with van der Waals surface area (Å²) in [6.45, 7) is 0.0731. The number of para-hydroxylation sites is 1. The fraction of sp³-hybridized carbons (Fsp3) is 0.211. The predicted octanol–water partition coefficient (Wildman–Crippen LogP) is 2.77. The van der Waals surface area contributed by atoms with Crippen molar-refractivity contribution < 1.29 is 18.0 Å². The minimum Gasteiger partial charge on any atom is -0.354 e. The van der Waals surface area contributed by atoms with E-state index in [1.54, 1.807) is 24.3 Å². The largest absolute Gasteiger partial charge is 0.416 e. The molecule has 1 amide bonds. The van der Waals surface area contributed by atoms with Gasteiger partial charge in [0.1, 0.15) is 6.54 Å². The Bertz CT molecular complexity index is 1010. The number of amides is 1. The van der Waals surface area contributed by atoms with E-state index >= 15 is 0 Å². The molecule has 0 aliphatic carbocycles. The van der Waals surface area contributed by atoms with Crippen LogP contribution in [-0.4, -0.2) is 22.0 Å². The van der Waals surface area contributed by atoms with Gasteiger partial charge in [0.2, 0.25) is 5.91 Å². The molecule has 1 heterocycles. The Morgan fingerprint density at radius 3 is 2.48 bits per heavy atom. The third-order valence-corrected chi connectivity index (χ3v) is 4.06. The standard InChI is InChI=1S/C19H16F3N3O2/c20-19(21,22)14-7-5-13(6-8-14)9-10-23-17(26)11-25-12-24-16-4-2-1-3-15(16)18(25)27/h1-8,12H,9-11H2,(H,23,26). The zero-order chi connectivity index (χ0) is 19.4. The van der Waals surface area contributed by atoms with Gasteiger partial charge in [0, 0.05) is 6.54 Å². The minimum atomic E-state index is -4.37. The third-order valence-electron chi connectivity index (χ3n) is 4.06. The maximum Gasteiger partial charge on any atom is 0.416 e. The van der Waals surface area contributed by atoms with Gasteiger partial charge in [-0.05, 0) is 36.2 Å². The van der Waals surface area contributed by atoms with E-state index in [9.17, 15) is 22.8 Å². The van der Waals surface area contributed by atoms with E-state index in [4.69, 9.17) is 0 Å². The Kier molecular flexibility index (Phi) is 5.25. The maximum absolute atomic E-state index is 12.5. The van der Waals surface area contributed by atoms with Crippen molar-refractivity contribution in [1.82, 2.24) is 14.9 Å². The molecular formula is C19H16F3N3O2. The van der Waals surface area contributed by atoms with Crippen molar-refractivity contribution in [1.29, 1.82) is 0 Å². The monoisotopic (exact) mass is 375 g/mol. The summed E-state index contributed by atoms with van der Waals surface area (Å²) < 4.78 is 38.8. The summed E-state index contributed by atoms with van der Waals surface area (Å²) in [4.78, 5) is 28.5. The second kappa shape index (κ2) is 7.61. The van der Waals surface area contributed by atoms with Crippen LogP contribution in [-0.2, 0) is 23.9 Å². The van der Waals surface area contributed by atoms with E-state index in [0.717, 1.165) is 12.1 Å². The van der Waals surface area contributed by atoms with Crippen molar-refractivity contribution in [2.24, 2.45) is 0 Å². The van der Waals surface area contributed by atoms with Crippen LogP contribution in [0.1, 0.15) is 11.1 Å². The third kappa shape index (κ3) is 4.52. The molecule has 8 heteroatoms. The summed E-state index contributed by atoms with van der Waals surface area (Å²) in [5, 5.41) is 3.08. The average molecular weight is 375 g/mol. The molecule has 0 bridgehead atoms.